The number of fused-ring (bicyclic) bond motifs is 2. The van der Waals surface area contributed by atoms with Crippen LogP contribution in [0.1, 0.15) is 58.1 Å². The fraction of sp³-hybridized carbons (Fsp3) is 0.535. The van der Waals surface area contributed by atoms with Gasteiger partial charge in [0.15, 0.2) is 0 Å². The number of aromatic nitrogens is 2. The molecule has 4 heterocycles. The highest BCUT2D eigenvalue weighted by atomic mass is 19.1. The lowest BCUT2D eigenvalue weighted by Gasteiger charge is -2.32. The van der Waals surface area contributed by atoms with Crippen LogP contribution in [0.2, 0.25) is 0 Å². The monoisotopic (exact) mass is 838 g/mol. The number of ether oxygens (including phenoxy) is 1. The van der Waals surface area contributed by atoms with Gasteiger partial charge in [-0.3, -0.25) is 19.2 Å². The van der Waals surface area contributed by atoms with Crippen LogP contribution in [-0.2, 0) is 36.8 Å². The molecule has 17 heteroatoms. The number of likely N-dealkylation sites (N-methyl/N-ethyl adjacent to an activating group) is 2. The van der Waals surface area contributed by atoms with E-state index in [-0.39, 0.29) is 51.1 Å². The number of aliphatic hydroxyl groups is 1. The second-order valence-electron chi connectivity index (χ2n) is 16.2. The number of benzene rings is 2. The molecule has 4 aromatic rings. The number of likely N-dealkylation sites (tertiary alicyclic amines) is 2. The molecule has 0 aliphatic carbocycles. The van der Waals surface area contributed by atoms with Gasteiger partial charge >= 0.3 is 0 Å². The number of rotatable bonds is 16. The van der Waals surface area contributed by atoms with Gasteiger partial charge in [0.2, 0.25) is 23.6 Å². The fourth-order valence-electron chi connectivity index (χ4n) is 8.53. The van der Waals surface area contributed by atoms with Crippen LogP contribution in [0, 0.1) is 11.6 Å². The number of carbonyl (C=O) groups excluding carboxylic acids is 4. The van der Waals surface area contributed by atoms with Gasteiger partial charge in [-0.05, 0) is 108 Å². The number of carbonyl (C=O) groups is 4. The summed E-state index contributed by atoms with van der Waals surface area (Å²) in [5.74, 6) is -2.60. The zero-order valence-electron chi connectivity index (χ0n) is 35.1. The van der Waals surface area contributed by atoms with Gasteiger partial charge in [-0.1, -0.05) is 6.92 Å². The van der Waals surface area contributed by atoms with E-state index in [0.29, 0.717) is 44.3 Å². The lowest BCUT2D eigenvalue weighted by atomic mass is 9.94. The van der Waals surface area contributed by atoms with Gasteiger partial charge in [0.1, 0.15) is 29.9 Å². The SMILES string of the molecule is CC[C@H](NC(=O)[C@H](C)NC)C(=O)N1C[C@@H](F)C[C@H]1Cc1c(-c2[nH]c3cc(F)ccc3c2C[C@@H]2C[C@H](O)CN2C(=O)[C@@H](NC(=O)[C@H](C)NC)[C@H](C)OC)[nH]c2cc(F)ccc12. The van der Waals surface area contributed by atoms with Crippen LogP contribution in [0.4, 0.5) is 13.2 Å². The molecule has 14 nitrogen and oxygen atoms in total. The molecule has 2 aromatic carbocycles. The molecule has 0 unspecified atom stereocenters. The standard InChI is InChI=1S/C43H57F3N8O6/c1-8-34(51-40(56)21(2)47-5)42(58)53-19-26(46)13-27(53)17-32-30-11-9-24(44)14-35(30)49-38(32)39-33(31-12-10-25(45)15-36(31)50-39)18-28-16-29(55)20-54(28)43(59)37(23(4)60-7)52-41(57)22(3)48-6/h9-12,14-15,21-23,26-29,34,37,47-50,55H,8,13,16-20H2,1-7H3,(H,51,56)(H,52,57)/t21-,22-,23-,26-,27-,28-,29-,34-,37-/m0/s1. The molecule has 9 atom stereocenters. The van der Waals surface area contributed by atoms with Crippen LogP contribution < -0.4 is 21.3 Å². The highest BCUT2D eigenvalue weighted by Crippen LogP contribution is 2.40. The van der Waals surface area contributed by atoms with Gasteiger partial charge in [0.05, 0.1) is 42.2 Å². The Bertz CT molecular complexity index is 2210. The highest BCUT2D eigenvalue weighted by Gasteiger charge is 2.42. The Kier molecular flexibility index (Phi) is 13.9. The average Bonchev–Trinajstić information content (AvgIpc) is 3.99. The Labute approximate surface area is 347 Å². The van der Waals surface area contributed by atoms with Gasteiger partial charge in [-0.2, -0.15) is 0 Å². The van der Waals surface area contributed by atoms with Crippen molar-refractivity contribution >= 4 is 45.4 Å². The van der Waals surface area contributed by atoms with Gasteiger partial charge < -0.3 is 50.9 Å². The first kappa shape index (κ1) is 44.6. The summed E-state index contributed by atoms with van der Waals surface area (Å²) >= 11 is 0. The molecule has 2 aliphatic rings. The minimum atomic E-state index is -1.32. The maximum absolute atomic E-state index is 15.4. The number of hydrogen-bond acceptors (Lipinski definition) is 8. The molecule has 0 spiro atoms. The summed E-state index contributed by atoms with van der Waals surface area (Å²) in [4.78, 5) is 63.9. The molecule has 2 aliphatic heterocycles. The van der Waals surface area contributed by atoms with E-state index in [0.717, 1.165) is 0 Å². The summed E-state index contributed by atoms with van der Waals surface area (Å²) in [7, 11) is 4.71. The van der Waals surface area contributed by atoms with Crippen molar-refractivity contribution in [3.63, 3.8) is 0 Å². The molecular formula is C43H57F3N8O6. The van der Waals surface area contributed by atoms with Crippen molar-refractivity contribution in [1.29, 1.82) is 0 Å². The molecule has 60 heavy (non-hydrogen) atoms. The molecular weight excluding hydrogens is 782 g/mol. The summed E-state index contributed by atoms with van der Waals surface area (Å²) in [5, 5.41) is 23.6. The first-order valence-electron chi connectivity index (χ1n) is 20.6. The van der Waals surface area contributed by atoms with Crippen molar-refractivity contribution in [2.24, 2.45) is 0 Å². The largest absolute Gasteiger partial charge is 0.391 e. The average molecular weight is 839 g/mol. The predicted octanol–water partition coefficient (Wildman–Crippen LogP) is 3.21. The van der Waals surface area contributed by atoms with Gasteiger partial charge in [-0.25, -0.2) is 13.2 Å². The van der Waals surface area contributed by atoms with Gasteiger partial charge in [0, 0.05) is 54.0 Å². The molecule has 0 radical (unpaired) electrons. The normalized spacial score (nSPS) is 21.9. The van der Waals surface area contributed by atoms with Crippen molar-refractivity contribution in [1.82, 2.24) is 41.0 Å². The maximum Gasteiger partial charge on any atom is 0.248 e. The minimum absolute atomic E-state index is 0.000134. The second-order valence-corrected chi connectivity index (χ2v) is 16.2. The Hall–Kier alpha value is -4.97. The number of β-amino-alcohol motifs (C(OH)–C–C–N with tert-alkyl or cyclic N) is 1. The fourth-order valence-corrected chi connectivity index (χ4v) is 8.53. The molecule has 2 fully saturated rings. The van der Waals surface area contributed by atoms with E-state index in [4.69, 9.17) is 4.74 Å². The van der Waals surface area contributed by atoms with E-state index in [2.05, 4.69) is 31.2 Å². The lowest BCUT2D eigenvalue weighted by Crippen LogP contribution is -2.58. The maximum atomic E-state index is 15.4. The molecule has 4 amide bonds. The van der Waals surface area contributed by atoms with E-state index in [1.165, 1.54) is 36.3 Å². The third kappa shape index (κ3) is 9.18. The number of hydrogen-bond donors (Lipinski definition) is 7. The lowest BCUT2D eigenvalue weighted by molar-refractivity contribution is -0.141. The molecule has 6 rings (SSSR count). The van der Waals surface area contributed by atoms with Crippen molar-refractivity contribution in [2.45, 2.75) is 114 Å². The van der Waals surface area contributed by atoms with Crippen LogP contribution in [-0.4, -0.2) is 137 Å². The number of H-pyrrole nitrogens is 2. The van der Waals surface area contributed by atoms with Crippen molar-refractivity contribution in [2.75, 3.05) is 34.3 Å². The number of nitrogens with zero attached hydrogens (tertiary/aromatic N) is 2. The summed E-state index contributed by atoms with van der Waals surface area (Å²) in [6, 6.07) is 4.30. The summed E-state index contributed by atoms with van der Waals surface area (Å²) < 4.78 is 50.6. The molecule has 7 N–H and O–H groups in total. The molecule has 0 bridgehead atoms. The summed E-state index contributed by atoms with van der Waals surface area (Å²) in [6.07, 6.45) is -2.05. The van der Waals surface area contributed by atoms with Crippen LogP contribution in [0.5, 0.6) is 0 Å². The Morgan fingerprint density at radius 2 is 1.30 bits per heavy atom. The molecule has 326 valence electrons. The summed E-state index contributed by atoms with van der Waals surface area (Å²) in [5.41, 5.74) is 3.25. The first-order valence-corrected chi connectivity index (χ1v) is 20.6. The zero-order chi connectivity index (χ0) is 43.6. The predicted molar refractivity (Wildman–Crippen MR) is 222 cm³/mol. The first-order chi connectivity index (χ1) is 28.6. The number of nitrogens with one attached hydrogen (secondary N) is 6. The third-order valence-electron chi connectivity index (χ3n) is 12.3. The van der Waals surface area contributed by atoms with Crippen molar-refractivity contribution in [3.8, 4) is 11.4 Å². The number of amides is 4. The second kappa shape index (κ2) is 18.7. The van der Waals surface area contributed by atoms with Crippen LogP contribution in [0.25, 0.3) is 33.2 Å². The van der Waals surface area contributed by atoms with Crippen LogP contribution in [0.15, 0.2) is 36.4 Å². The number of methoxy groups -OCH3 is 1. The van der Waals surface area contributed by atoms with Gasteiger partial charge in [0.25, 0.3) is 0 Å². The molecule has 2 aromatic heterocycles. The zero-order valence-corrected chi connectivity index (χ0v) is 35.1. The highest BCUT2D eigenvalue weighted by molar-refractivity contribution is 5.97. The number of aromatic amines is 2. The van der Waals surface area contributed by atoms with Crippen LogP contribution in [0.3, 0.4) is 0 Å². The van der Waals surface area contributed by atoms with E-state index < -0.39 is 84.0 Å². The Balaban J connectivity index is 1.41. The smallest absolute Gasteiger partial charge is 0.248 e. The number of halogens is 3. The molecule has 0 saturated carbocycles. The van der Waals surface area contributed by atoms with E-state index in [1.807, 2.05) is 0 Å². The van der Waals surface area contributed by atoms with Crippen molar-refractivity contribution in [3.05, 3.63) is 59.2 Å². The van der Waals surface area contributed by atoms with Crippen LogP contribution >= 0.6 is 0 Å². The minimum Gasteiger partial charge on any atom is -0.391 e. The van der Waals surface area contributed by atoms with E-state index in [9.17, 15) is 33.1 Å². The van der Waals surface area contributed by atoms with E-state index in [1.54, 1.807) is 58.8 Å². The number of aliphatic hydroxyl groups excluding tert-OH is 1. The Morgan fingerprint density at radius 3 is 1.80 bits per heavy atom. The van der Waals surface area contributed by atoms with E-state index >= 15 is 4.39 Å². The third-order valence-corrected chi connectivity index (χ3v) is 12.3. The number of alkyl halides is 1. The quantitative estimate of drug-likeness (QED) is 0.0898. The Morgan fingerprint density at radius 1 is 0.800 bits per heavy atom. The topological polar surface area (TPSA) is 184 Å². The van der Waals surface area contributed by atoms with Crippen molar-refractivity contribution < 1.29 is 42.2 Å². The van der Waals surface area contributed by atoms with Gasteiger partial charge in [-0.15, -0.1) is 0 Å². The molecule has 2 saturated heterocycles. The summed E-state index contributed by atoms with van der Waals surface area (Å²) in [6.45, 7) is 6.62.